The highest BCUT2D eigenvalue weighted by Crippen LogP contribution is 2.73. The topological polar surface area (TPSA) is 104 Å². The van der Waals surface area contributed by atoms with Gasteiger partial charge in [0.25, 0.3) is 5.91 Å². The summed E-state index contributed by atoms with van der Waals surface area (Å²) >= 11 is 0. The summed E-state index contributed by atoms with van der Waals surface area (Å²) in [6.45, 7) is 4.24. The van der Waals surface area contributed by atoms with Crippen molar-refractivity contribution in [1.29, 1.82) is 10.5 Å². The highest BCUT2D eigenvalue weighted by atomic mass is 16.7. The number of hydrogen-bond donors (Lipinski definition) is 1. The standard InChI is InChI=1S/C11H14N4O2/c1-3-16-11(17-4-2)10(7-13)5-9(10,6-12)8(14)15-11/h3-5H2,1-2H3,(H2,14,15)/t9-,10-/m0/s1. The summed E-state index contributed by atoms with van der Waals surface area (Å²) in [5.41, 5.74) is 3.65. The van der Waals surface area contributed by atoms with Crippen LogP contribution in [0.4, 0.5) is 0 Å². The van der Waals surface area contributed by atoms with Crippen molar-refractivity contribution in [2.75, 3.05) is 13.2 Å². The van der Waals surface area contributed by atoms with Crippen LogP contribution in [-0.2, 0) is 9.47 Å². The van der Waals surface area contributed by atoms with Gasteiger partial charge in [-0.15, -0.1) is 0 Å². The summed E-state index contributed by atoms with van der Waals surface area (Å²) in [7, 11) is 0. The lowest BCUT2D eigenvalue weighted by atomic mass is 9.94. The molecule has 0 bridgehead atoms. The second-order valence-electron chi connectivity index (χ2n) is 4.16. The van der Waals surface area contributed by atoms with Crippen LogP contribution < -0.4 is 5.73 Å². The van der Waals surface area contributed by atoms with Crippen LogP contribution in [0.2, 0.25) is 0 Å². The molecule has 2 aliphatic rings. The number of hydrogen-bond acceptors (Lipinski definition) is 6. The van der Waals surface area contributed by atoms with Crippen LogP contribution in [0.25, 0.3) is 0 Å². The first-order valence-electron chi connectivity index (χ1n) is 5.54. The first-order chi connectivity index (χ1) is 8.08. The average molecular weight is 234 g/mol. The molecular weight excluding hydrogens is 220 g/mol. The summed E-state index contributed by atoms with van der Waals surface area (Å²) in [6.07, 6.45) is 0.322. The Balaban J connectivity index is 2.50. The molecule has 17 heavy (non-hydrogen) atoms. The molecule has 0 aromatic carbocycles. The number of fused-ring (bicyclic) bond motifs is 1. The van der Waals surface area contributed by atoms with Crippen molar-refractivity contribution in [1.82, 2.24) is 0 Å². The fourth-order valence-corrected chi connectivity index (χ4v) is 2.54. The van der Waals surface area contributed by atoms with Crippen molar-refractivity contribution in [3.05, 3.63) is 0 Å². The molecule has 2 N–H and O–H groups in total. The van der Waals surface area contributed by atoms with Gasteiger partial charge in [0.2, 0.25) is 0 Å². The molecule has 0 saturated heterocycles. The molecule has 0 spiro atoms. The molecule has 1 aliphatic carbocycles. The molecule has 0 aromatic rings. The Labute approximate surface area is 99.6 Å². The zero-order valence-corrected chi connectivity index (χ0v) is 9.86. The van der Waals surface area contributed by atoms with Crippen molar-refractivity contribution in [3.8, 4) is 12.1 Å². The third kappa shape index (κ3) is 1.07. The normalized spacial score (nSPS) is 36.6. The second-order valence-corrected chi connectivity index (χ2v) is 4.16. The van der Waals surface area contributed by atoms with Crippen LogP contribution in [0, 0.1) is 33.5 Å². The molecule has 0 aromatic heterocycles. The van der Waals surface area contributed by atoms with Crippen LogP contribution in [0.1, 0.15) is 20.3 Å². The zero-order chi connectivity index (χ0) is 12.7. The van der Waals surface area contributed by atoms with Crippen LogP contribution in [-0.4, -0.2) is 25.0 Å². The minimum Gasteiger partial charge on any atom is -0.386 e. The maximum atomic E-state index is 9.38. The van der Waals surface area contributed by atoms with Crippen molar-refractivity contribution in [2.24, 2.45) is 21.6 Å². The number of nitriles is 2. The smallest absolute Gasteiger partial charge is 0.292 e. The predicted octanol–water partition coefficient (Wildman–Crippen LogP) is 0.508. The van der Waals surface area contributed by atoms with E-state index >= 15 is 0 Å². The molecule has 1 aliphatic heterocycles. The van der Waals surface area contributed by atoms with Crippen molar-refractivity contribution in [3.63, 3.8) is 0 Å². The van der Waals surface area contributed by atoms with E-state index in [1.807, 2.05) is 0 Å². The van der Waals surface area contributed by atoms with Gasteiger partial charge in [-0.25, -0.2) is 4.99 Å². The highest BCUT2D eigenvalue weighted by molar-refractivity contribution is 5.97. The molecule has 0 radical (unpaired) electrons. The summed E-state index contributed by atoms with van der Waals surface area (Å²) in [4.78, 5) is 4.12. The van der Waals surface area contributed by atoms with E-state index in [0.717, 1.165) is 0 Å². The van der Waals surface area contributed by atoms with Crippen molar-refractivity contribution < 1.29 is 9.47 Å². The Morgan fingerprint density at radius 3 is 2.24 bits per heavy atom. The van der Waals surface area contributed by atoms with Crippen molar-refractivity contribution >= 4 is 5.84 Å². The van der Waals surface area contributed by atoms with Crippen molar-refractivity contribution in [2.45, 2.75) is 26.2 Å². The summed E-state index contributed by atoms with van der Waals surface area (Å²) in [6, 6.07) is 4.22. The number of ether oxygens (including phenoxy) is 2. The Morgan fingerprint density at radius 1 is 1.29 bits per heavy atom. The predicted molar refractivity (Wildman–Crippen MR) is 58.3 cm³/mol. The molecule has 0 amide bonds. The van der Waals surface area contributed by atoms with E-state index < -0.39 is 16.7 Å². The van der Waals surface area contributed by atoms with E-state index in [2.05, 4.69) is 17.1 Å². The van der Waals surface area contributed by atoms with Gasteiger partial charge in [0.05, 0.1) is 12.1 Å². The van der Waals surface area contributed by atoms with Crippen LogP contribution in [0.5, 0.6) is 0 Å². The number of nitrogens with two attached hydrogens (primary N) is 1. The van der Waals surface area contributed by atoms with Gasteiger partial charge < -0.3 is 15.2 Å². The lowest BCUT2D eigenvalue weighted by molar-refractivity contribution is -0.254. The molecule has 1 fully saturated rings. The lowest BCUT2D eigenvalue weighted by Crippen LogP contribution is -2.42. The van der Waals surface area contributed by atoms with E-state index in [-0.39, 0.29) is 5.84 Å². The fraction of sp³-hybridized carbons (Fsp3) is 0.727. The van der Waals surface area contributed by atoms with Gasteiger partial charge in [-0.3, -0.25) is 0 Å². The summed E-state index contributed by atoms with van der Waals surface area (Å²) in [5, 5.41) is 18.6. The number of nitrogens with zero attached hydrogens (tertiary/aromatic N) is 3. The molecule has 2 rings (SSSR count). The molecule has 6 nitrogen and oxygen atoms in total. The van der Waals surface area contributed by atoms with E-state index in [1.165, 1.54) is 0 Å². The minimum atomic E-state index is -1.41. The summed E-state index contributed by atoms with van der Waals surface area (Å²) < 4.78 is 11.0. The zero-order valence-electron chi connectivity index (χ0n) is 9.86. The Morgan fingerprint density at radius 2 is 1.88 bits per heavy atom. The van der Waals surface area contributed by atoms with E-state index in [9.17, 15) is 10.5 Å². The molecule has 90 valence electrons. The maximum Gasteiger partial charge on any atom is 0.292 e. The summed E-state index contributed by atoms with van der Waals surface area (Å²) in [5.74, 6) is -1.27. The number of rotatable bonds is 4. The maximum absolute atomic E-state index is 9.38. The van der Waals surface area contributed by atoms with Gasteiger partial charge >= 0.3 is 0 Å². The van der Waals surface area contributed by atoms with Gasteiger partial charge in [0.15, 0.2) is 5.41 Å². The number of aliphatic imine (C=N–C) groups is 1. The van der Waals surface area contributed by atoms with Crippen LogP contribution >= 0.6 is 0 Å². The molecule has 1 saturated carbocycles. The first-order valence-corrected chi connectivity index (χ1v) is 5.54. The van der Waals surface area contributed by atoms with Crippen LogP contribution in [0.3, 0.4) is 0 Å². The number of amidine groups is 1. The van der Waals surface area contributed by atoms with E-state index in [1.54, 1.807) is 13.8 Å². The molecule has 6 heteroatoms. The van der Waals surface area contributed by atoms with Gasteiger partial charge in [-0.05, 0) is 13.8 Å². The minimum absolute atomic E-state index is 0.142. The quantitative estimate of drug-likeness (QED) is 0.713. The lowest BCUT2D eigenvalue weighted by Gasteiger charge is -2.30. The second kappa shape index (κ2) is 3.43. The van der Waals surface area contributed by atoms with Gasteiger partial charge in [-0.1, -0.05) is 0 Å². The molecule has 0 unspecified atom stereocenters. The molecule has 1 heterocycles. The third-order valence-electron chi connectivity index (χ3n) is 3.44. The molecule has 2 atom stereocenters. The Hall–Kier alpha value is -1.63. The first kappa shape index (κ1) is 11.8. The Kier molecular flexibility index (Phi) is 2.39. The van der Waals surface area contributed by atoms with E-state index in [4.69, 9.17) is 15.2 Å². The van der Waals surface area contributed by atoms with Gasteiger partial charge in [0.1, 0.15) is 11.3 Å². The van der Waals surface area contributed by atoms with Crippen LogP contribution in [0.15, 0.2) is 4.99 Å². The third-order valence-corrected chi connectivity index (χ3v) is 3.44. The Bertz CT molecular complexity index is 455. The van der Waals surface area contributed by atoms with Gasteiger partial charge in [0, 0.05) is 19.6 Å². The van der Waals surface area contributed by atoms with E-state index in [0.29, 0.717) is 19.6 Å². The largest absolute Gasteiger partial charge is 0.386 e. The van der Waals surface area contributed by atoms with Gasteiger partial charge in [-0.2, -0.15) is 10.5 Å². The monoisotopic (exact) mass is 234 g/mol. The highest BCUT2D eigenvalue weighted by Gasteiger charge is 2.86. The molecular formula is C11H14N4O2. The SMILES string of the molecule is CCOC1(OCC)N=C(N)[C@@]2(C#N)C[C@@]12C#N. The fourth-order valence-electron chi connectivity index (χ4n) is 2.54. The average Bonchev–Trinajstić information content (AvgIpc) is 2.96.